The zero-order chi connectivity index (χ0) is 17.4. The van der Waals surface area contributed by atoms with Gasteiger partial charge in [-0.1, -0.05) is 0 Å². The minimum atomic E-state index is 0. The van der Waals surface area contributed by atoms with Gasteiger partial charge in [0.2, 0.25) is 0 Å². The van der Waals surface area contributed by atoms with E-state index < -0.39 is 0 Å². The van der Waals surface area contributed by atoms with Gasteiger partial charge >= 0.3 is 0 Å². The maximum atomic E-state index is 4.71. The number of guanidine groups is 1. The molecular weight excluding hydrogens is 467 g/mol. The summed E-state index contributed by atoms with van der Waals surface area (Å²) >= 11 is 3.94. The fourth-order valence-corrected chi connectivity index (χ4v) is 4.26. The third-order valence-corrected chi connectivity index (χ3v) is 6.54. The highest BCUT2D eigenvalue weighted by atomic mass is 127. The van der Waals surface area contributed by atoms with Gasteiger partial charge in [0, 0.05) is 24.9 Å². The molecule has 25 heavy (non-hydrogen) atoms. The van der Waals surface area contributed by atoms with E-state index in [4.69, 9.17) is 4.99 Å². The van der Waals surface area contributed by atoms with Gasteiger partial charge in [-0.15, -0.1) is 34.2 Å². The molecule has 2 rings (SSSR count). The number of rotatable bonds is 8. The molecule has 1 aromatic rings. The summed E-state index contributed by atoms with van der Waals surface area (Å²) in [6.45, 7) is 6.73. The van der Waals surface area contributed by atoms with Crippen LogP contribution >= 0.6 is 47.5 Å². The predicted octanol–water partition coefficient (Wildman–Crippen LogP) is 2.82. The van der Waals surface area contributed by atoms with E-state index in [1.807, 2.05) is 30.3 Å². The van der Waals surface area contributed by atoms with Gasteiger partial charge < -0.3 is 15.2 Å². The molecular formula is C16H31IN6S2. The van der Waals surface area contributed by atoms with Gasteiger partial charge in [-0.2, -0.15) is 23.5 Å². The van der Waals surface area contributed by atoms with Crippen molar-refractivity contribution in [3.05, 3.63) is 11.6 Å². The minimum Gasteiger partial charge on any atom is -0.356 e. The molecule has 6 nitrogen and oxygen atoms in total. The Morgan fingerprint density at radius 1 is 1.40 bits per heavy atom. The van der Waals surface area contributed by atoms with E-state index in [9.17, 15) is 0 Å². The van der Waals surface area contributed by atoms with Crippen LogP contribution in [0.2, 0.25) is 0 Å². The van der Waals surface area contributed by atoms with E-state index in [1.54, 1.807) is 0 Å². The standard InChI is InChI=1S/C16H30N6S2.HI/c1-13-20-21-14(22(13)3)11-18-15(17-8-6-9-23-4)19-12-16(2)7-5-10-24-16;/h5-12H2,1-4H3,(H2,17,18,19);1H. The lowest BCUT2D eigenvalue weighted by Gasteiger charge is -2.24. The van der Waals surface area contributed by atoms with Crippen LogP contribution in [0.5, 0.6) is 0 Å². The van der Waals surface area contributed by atoms with Gasteiger partial charge in [0.05, 0.1) is 0 Å². The lowest BCUT2D eigenvalue weighted by Crippen LogP contribution is -2.44. The van der Waals surface area contributed by atoms with Crippen LogP contribution in [0, 0.1) is 6.92 Å². The highest BCUT2D eigenvalue weighted by molar-refractivity contribution is 14.0. The van der Waals surface area contributed by atoms with Crippen molar-refractivity contribution in [2.24, 2.45) is 12.0 Å². The van der Waals surface area contributed by atoms with E-state index >= 15 is 0 Å². The maximum absolute atomic E-state index is 4.71. The number of hydrogen-bond donors (Lipinski definition) is 2. The molecule has 1 atom stereocenters. The van der Waals surface area contributed by atoms with Gasteiger partial charge in [-0.25, -0.2) is 4.99 Å². The van der Waals surface area contributed by atoms with Crippen LogP contribution < -0.4 is 10.6 Å². The molecule has 9 heteroatoms. The molecule has 1 saturated heterocycles. The van der Waals surface area contributed by atoms with Crippen LogP contribution in [-0.2, 0) is 13.6 Å². The van der Waals surface area contributed by atoms with Gasteiger partial charge in [0.1, 0.15) is 12.4 Å². The van der Waals surface area contributed by atoms with Crippen molar-refractivity contribution in [3.8, 4) is 0 Å². The van der Waals surface area contributed by atoms with Crippen molar-refractivity contribution in [1.82, 2.24) is 25.4 Å². The molecule has 0 amide bonds. The average Bonchev–Trinajstić information content (AvgIpc) is 3.14. The van der Waals surface area contributed by atoms with Crippen molar-refractivity contribution in [2.45, 2.75) is 44.4 Å². The summed E-state index contributed by atoms with van der Waals surface area (Å²) in [7, 11) is 1.98. The Kier molecular flexibility index (Phi) is 10.6. The molecule has 144 valence electrons. The van der Waals surface area contributed by atoms with Crippen LogP contribution in [0.25, 0.3) is 0 Å². The van der Waals surface area contributed by atoms with Crippen LogP contribution in [0.3, 0.4) is 0 Å². The summed E-state index contributed by atoms with van der Waals surface area (Å²) < 4.78 is 2.31. The Balaban J connectivity index is 0.00000312. The van der Waals surface area contributed by atoms with E-state index in [0.29, 0.717) is 11.3 Å². The number of aromatic nitrogens is 3. The molecule has 1 aliphatic heterocycles. The average molecular weight is 499 g/mol. The Morgan fingerprint density at radius 3 is 2.80 bits per heavy atom. The van der Waals surface area contributed by atoms with Crippen molar-refractivity contribution >= 4 is 53.5 Å². The van der Waals surface area contributed by atoms with E-state index in [-0.39, 0.29) is 24.0 Å². The first-order chi connectivity index (χ1) is 11.5. The largest absolute Gasteiger partial charge is 0.356 e. The highest BCUT2D eigenvalue weighted by Crippen LogP contribution is 2.36. The molecule has 1 aromatic heterocycles. The second-order valence-electron chi connectivity index (χ2n) is 6.42. The van der Waals surface area contributed by atoms with Crippen LogP contribution in [0.1, 0.15) is 37.8 Å². The Morgan fingerprint density at radius 2 is 2.20 bits per heavy atom. The third kappa shape index (κ3) is 7.54. The lowest BCUT2D eigenvalue weighted by atomic mass is 10.1. The van der Waals surface area contributed by atoms with Crippen LogP contribution in [0.4, 0.5) is 0 Å². The summed E-state index contributed by atoms with van der Waals surface area (Å²) in [6, 6.07) is 0. The van der Waals surface area contributed by atoms with E-state index in [0.717, 1.165) is 42.9 Å². The summed E-state index contributed by atoms with van der Waals surface area (Å²) in [5.74, 6) is 5.11. The van der Waals surface area contributed by atoms with Gasteiger partial charge in [0.15, 0.2) is 11.8 Å². The molecule has 0 radical (unpaired) electrons. The summed E-state index contributed by atoms with van der Waals surface area (Å²) in [6.07, 6.45) is 5.86. The Labute approximate surface area is 177 Å². The number of aliphatic imine (C=N–C) groups is 1. The lowest BCUT2D eigenvalue weighted by molar-refractivity contribution is 0.583. The van der Waals surface area contributed by atoms with Crippen molar-refractivity contribution < 1.29 is 0 Å². The summed E-state index contributed by atoms with van der Waals surface area (Å²) in [5, 5.41) is 15.3. The number of thioether (sulfide) groups is 2. The molecule has 0 aliphatic carbocycles. The number of halogens is 1. The molecule has 0 spiro atoms. The molecule has 1 fully saturated rings. The Hall–Kier alpha value is -0.160. The van der Waals surface area contributed by atoms with E-state index in [2.05, 4.69) is 45.8 Å². The predicted molar refractivity (Wildman–Crippen MR) is 121 cm³/mol. The fraction of sp³-hybridized carbons (Fsp3) is 0.812. The second kappa shape index (κ2) is 11.5. The monoisotopic (exact) mass is 498 g/mol. The Bertz CT molecular complexity index is 543. The normalized spacial score (nSPS) is 20.4. The smallest absolute Gasteiger partial charge is 0.191 e. The molecule has 0 saturated carbocycles. The highest BCUT2D eigenvalue weighted by Gasteiger charge is 2.29. The van der Waals surface area contributed by atoms with Gasteiger partial charge in [-0.05, 0) is 50.9 Å². The SMILES string of the molecule is CSCCCNC(=NCc1nnc(C)n1C)NCC1(C)CCCS1.I. The number of hydrogen-bond acceptors (Lipinski definition) is 5. The number of nitrogens with zero attached hydrogens (tertiary/aromatic N) is 4. The van der Waals surface area contributed by atoms with Gasteiger partial charge in [0.25, 0.3) is 0 Å². The van der Waals surface area contributed by atoms with Crippen molar-refractivity contribution in [1.29, 1.82) is 0 Å². The van der Waals surface area contributed by atoms with E-state index in [1.165, 1.54) is 18.6 Å². The van der Waals surface area contributed by atoms with Crippen molar-refractivity contribution in [2.75, 3.05) is 30.9 Å². The topological polar surface area (TPSA) is 67.1 Å². The minimum absolute atomic E-state index is 0. The summed E-state index contributed by atoms with van der Waals surface area (Å²) in [5.41, 5.74) is 0. The quantitative estimate of drug-likeness (QED) is 0.249. The molecule has 2 heterocycles. The molecule has 1 aliphatic rings. The maximum Gasteiger partial charge on any atom is 0.191 e. The van der Waals surface area contributed by atoms with Crippen LogP contribution in [-0.4, -0.2) is 56.3 Å². The first-order valence-electron chi connectivity index (χ1n) is 8.54. The molecule has 2 N–H and O–H groups in total. The summed E-state index contributed by atoms with van der Waals surface area (Å²) in [4.78, 5) is 4.71. The van der Waals surface area contributed by atoms with Crippen molar-refractivity contribution in [3.63, 3.8) is 0 Å². The molecule has 1 unspecified atom stereocenters. The fourth-order valence-electron chi connectivity index (χ4n) is 2.58. The number of aryl methyl sites for hydroxylation is 1. The number of nitrogens with one attached hydrogen (secondary N) is 2. The van der Waals surface area contributed by atoms with Gasteiger partial charge in [-0.3, -0.25) is 0 Å². The first kappa shape index (κ1) is 22.9. The first-order valence-corrected chi connectivity index (χ1v) is 10.9. The zero-order valence-electron chi connectivity index (χ0n) is 15.7. The third-order valence-electron chi connectivity index (χ3n) is 4.31. The van der Waals surface area contributed by atoms with Crippen LogP contribution in [0.15, 0.2) is 4.99 Å². The molecule has 0 aromatic carbocycles. The zero-order valence-corrected chi connectivity index (χ0v) is 19.6. The second-order valence-corrected chi connectivity index (χ2v) is 9.08. The molecule has 0 bridgehead atoms.